The van der Waals surface area contributed by atoms with Gasteiger partial charge in [-0.05, 0) is 49.2 Å². The van der Waals surface area contributed by atoms with Crippen molar-refractivity contribution in [1.29, 1.82) is 0 Å². The zero-order valence-electron chi connectivity index (χ0n) is 13.4. The van der Waals surface area contributed by atoms with Gasteiger partial charge in [0.25, 0.3) is 0 Å². The van der Waals surface area contributed by atoms with Gasteiger partial charge in [0, 0.05) is 17.6 Å². The van der Waals surface area contributed by atoms with E-state index < -0.39 is 16.0 Å². The van der Waals surface area contributed by atoms with E-state index in [0.29, 0.717) is 13.1 Å². The third kappa shape index (κ3) is 4.07. The Labute approximate surface area is 170 Å². The molecule has 0 unspecified atom stereocenters. The number of carbonyl (C=O) groups excluding carboxylic acids is 1. The van der Waals surface area contributed by atoms with Crippen LogP contribution in [0.2, 0.25) is 10.0 Å². The molecule has 3 rings (SSSR count). The summed E-state index contributed by atoms with van der Waals surface area (Å²) in [5.41, 5.74) is 0.0751. The molecule has 0 aromatic heterocycles. The Hall–Kier alpha value is -1.12. The van der Waals surface area contributed by atoms with E-state index in [0.717, 1.165) is 17.3 Å². The lowest BCUT2D eigenvalue weighted by Gasteiger charge is -2.17. The monoisotopic (exact) mass is 477 g/mol. The number of hydrogen-bond donors (Lipinski definition) is 0. The number of ether oxygens (including phenoxy) is 1. The van der Waals surface area contributed by atoms with E-state index in [1.807, 2.05) is 0 Å². The fourth-order valence-corrected chi connectivity index (χ4v) is 5.34. The first-order valence-electron chi connectivity index (χ1n) is 7.76. The Morgan fingerprint density at radius 3 is 2.38 bits per heavy atom. The van der Waals surface area contributed by atoms with Gasteiger partial charge in [0.05, 0.1) is 15.6 Å². The maximum atomic E-state index is 12.7. The molecule has 0 aliphatic carbocycles. The summed E-state index contributed by atoms with van der Waals surface area (Å²) < 4.78 is 32.9. The molecule has 1 saturated heterocycles. The normalized spacial score (nSPS) is 15.2. The topological polar surface area (TPSA) is 63.7 Å². The van der Waals surface area contributed by atoms with Crippen LogP contribution in [0.4, 0.5) is 0 Å². The van der Waals surface area contributed by atoms with Gasteiger partial charge >= 0.3 is 5.97 Å². The molecule has 1 fully saturated rings. The van der Waals surface area contributed by atoms with Crippen LogP contribution in [-0.2, 0) is 10.0 Å². The Kier molecular flexibility index (Phi) is 5.94. The molecule has 0 spiro atoms. The van der Waals surface area contributed by atoms with E-state index >= 15 is 0 Å². The average Bonchev–Trinajstić information content (AvgIpc) is 3.13. The minimum atomic E-state index is -3.75. The number of rotatable bonds is 4. The molecule has 0 bridgehead atoms. The van der Waals surface area contributed by atoms with Crippen LogP contribution in [-0.4, -0.2) is 31.8 Å². The molecule has 0 atom stereocenters. The van der Waals surface area contributed by atoms with Crippen molar-refractivity contribution < 1.29 is 17.9 Å². The van der Waals surface area contributed by atoms with E-state index in [9.17, 15) is 13.2 Å². The number of sulfonamides is 1. The fourth-order valence-electron chi connectivity index (χ4n) is 2.61. The van der Waals surface area contributed by atoms with Gasteiger partial charge in [-0.2, -0.15) is 4.31 Å². The molecule has 1 aliphatic rings. The van der Waals surface area contributed by atoms with Crippen LogP contribution in [0.25, 0.3) is 0 Å². The summed E-state index contributed by atoms with van der Waals surface area (Å²) in [5.74, 6) is -0.539. The fraction of sp³-hybridized carbons (Fsp3) is 0.235. The summed E-state index contributed by atoms with van der Waals surface area (Å²) in [6.45, 7) is 0.893. The minimum absolute atomic E-state index is 0.0649. The standard InChI is InChI=1S/C17H14BrCl2NO4S/c18-12-4-6-15(14(20)10-12)25-17(22)11-3-5-13(19)16(9-11)26(23,24)21-7-1-2-8-21/h3-6,9-10H,1-2,7-8H2. The summed E-state index contributed by atoms with van der Waals surface area (Å²) in [6.07, 6.45) is 1.61. The van der Waals surface area contributed by atoms with E-state index in [2.05, 4.69) is 15.9 Å². The van der Waals surface area contributed by atoms with Crippen molar-refractivity contribution in [2.24, 2.45) is 0 Å². The highest BCUT2D eigenvalue weighted by Crippen LogP contribution is 2.30. The first-order valence-corrected chi connectivity index (χ1v) is 10.7. The second kappa shape index (κ2) is 7.86. The smallest absolute Gasteiger partial charge is 0.343 e. The quantitative estimate of drug-likeness (QED) is 0.469. The molecule has 0 amide bonds. The van der Waals surface area contributed by atoms with Crippen molar-refractivity contribution in [3.8, 4) is 5.75 Å². The summed E-state index contributed by atoms with van der Waals surface area (Å²) >= 11 is 15.4. The molecule has 138 valence electrons. The van der Waals surface area contributed by atoms with Crippen LogP contribution in [0.1, 0.15) is 23.2 Å². The maximum Gasteiger partial charge on any atom is 0.343 e. The van der Waals surface area contributed by atoms with Gasteiger partial charge in [-0.1, -0.05) is 39.1 Å². The van der Waals surface area contributed by atoms with Crippen molar-refractivity contribution in [3.63, 3.8) is 0 Å². The zero-order chi connectivity index (χ0) is 18.9. The molecule has 1 heterocycles. The Morgan fingerprint density at radius 2 is 1.73 bits per heavy atom. The highest BCUT2D eigenvalue weighted by molar-refractivity contribution is 9.10. The molecule has 9 heteroatoms. The van der Waals surface area contributed by atoms with Crippen molar-refractivity contribution in [2.45, 2.75) is 17.7 Å². The second-order valence-corrected chi connectivity index (χ2v) is 9.36. The Bertz CT molecular complexity index is 959. The van der Waals surface area contributed by atoms with Crippen LogP contribution in [0.5, 0.6) is 5.75 Å². The molecule has 0 saturated carbocycles. The van der Waals surface area contributed by atoms with E-state index in [1.165, 1.54) is 22.5 Å². The van der Waals surface area contributed by atoms with Gasteiger partial charge in [-0.15, -0.1) is 0 Å². The summed E-state index contributed by atoms with van der Waals surface area (Å²) in [7, 11) is -3.75. The minimum Gasteiger partial charge on any atom is -0.421 e. The Balaban J connectivity index is 1.90. The first-order chi connectivity index (χ1) is 12.3. The molecular weight excluding hydrogens is 465 g/mol. The summed E-state index contributed by atoms with van der Waals surface area (Å²) in [6, 6.07) is 8.85. The van der Waals surface area contributed by atoms with Crippen LogP contribution in [0.3, 0.4) is 0 Å². The molecular formula is C17H14BrCl2NO4S. The largest absolute Gasteiger partial charge is 0.421 e. The highest BCUT2D eigenvalue weighted by Gasteiger charge is 2.30. The number of halogens is 3. The van der Waals surface area contributed by atoms with Gasteiger partial charge in [-0.25, -0.2) is 13.2 Å². The predicted octanol–water partition coefficient (Wildman–Crippen LogP) is 4.76. The third-order valence-corrected chi connectivity index (χ3v) is 7.12. The molecule has 2 aromatic carbocycles. The number of benzene rings is 2. The predicted molar refractivity (Wildman–Crippen MR) is 104 cm³/mol. The zero-order valence-corrected chi connectivity index (χ0v) is 17.3. The van der Waals surface area contributed by atoms with E-state index in [1.54, 1.807) is 18.2 Å². The number of nitrogens with zero attached hydrogens (tertiary/aromatic N) is 1. The average molecular weight is 479 g/mol. The molecule has 5 nitrogen and oxygen atoms in total. The van der Waals surface area contributed by atoms with Crippen LogP contribution < -0.4 is 4.74 Å². The van der Waals surface area contributed by atoms with Gasteiger partial charge in [0.1, 0.15) is 10.6 Å². The number of carbonyl (C=O) groups is 1. The van der Waals surface area contributed by atoms with Gasteiger partial charge in [0.2, 0.25) is 10.0 Å². The van der Waals surface area contributed by atoms with Crippen LogP contribution >= 0.6 is 39.1 Å². The maximum absolute atomic E-state index is 12.7. The lowest BCUT2D eigenvalue weighted by atomic mass is 10.2. The van der Waals surface area contributed by atoms with Crippen molar-refractivity contribution in [2.75, 3.05) is 13.1 Å². The van der Waals surface area contributed by atoms with Crippen molar-refractivity contribution in [1.82, 2.24) is 4.31 Å². The third-order valence-electron chi connectivity index (χ3n) is 3.95. The van der Waals surface area contributed by atoms with Crippen molar-refractivity contribution >= 4 is 55.1 Å². The first kappa shape index (κ1) is 19.6. The Morgan fingerprint density at radius 1 is 1.04 bits per heavy atom. The van der Waals surface area contributed by atoms with Gasteiger partial charge < -0.3 is 4.74 Å². The molecule has 0 radical (unpaired) electrons. The second-order valence-electron chi connectivity index (χ2n) is 5.72. The van der Waals surface area contributed by atoms with E-state index in [4.69, 9.17) is 27.9 Å². The molecule has 2 aromatic rings. The van der Waals surface area contributed by atoms with Crippen LogP contribution in [0.15, 0.2) is 45.8 Å². The van der Waals surface area contributed by atoms with Gasteiger partial charge in [-0.3, -0.25) is 0 Å². The molecule has 26 heavy (non-hydrogen) atoms. The summed E-state index contributed by atoms with van der Waals surface area (Å²) in [5, 5.41) is 0.321. The number of hydrogen-bond acceptors (Lipinski definition) is 4. The lowest BCUT2D eigenvalue weighted by Crippen LogP contribution is -2.28. The van der Waals surface area contributed by atoms with Crippen LogP contribution in [0, 0.1) is 0 Å². The van der Waals surface area contributed by atoms with Gasteiger partial charge in [0.15, 0.2) is 0 Å². The molecule has 0 N–H and O–H groups in total. The lowest BCUT2D eigenvalue weighted by molar-refractivity contribution is 0.0734. The highest BCUT2D eigenvalue weighted by atomic mass is 79.9. The summed E-state index contributed by atoms with van der Waals surface area (Å²) in [4.78, 5) is 12.3. The van der Waals surface area contributed by atoms with E-state index in [-0.39, 0.29) is 26.3 Å². The number of esters is 1. The van der Waals surface area contributed by atoms with Crippen molar-refractivity contribution in [3.05, 3.63) is 56.5 Å². The SMILES string of the molecule is O=C(Oc1ccc(Br)cc1Cl)c1ccc(Cl)c(S(=O)(=O)N2CCCC2)c1. The molecule has 1 aliphatic heterocycles.